The summed E-state index contributed by atoms with van der Waals surface area (Å²) in [5.41, 5.74) is 3.78. The van der Waals surface area contributed by atoms with Gasteiger partial charge in [-0.05, 0) is 29.2 Å². The van der Waals surface area contributed by atoms with E-state index in [1.54, 1.807) is 10.7 Å². The number of imide groups is 1. The maximum Gasteiger partial charge on any atom is 0.233 e. The Hall–Kier alpha value is -3.34. The van der Waals surface area contributed by atoms with Crippen molar-refractivity contribution in [3.8, 4) is 11.3 Å². The normalized spacial score (nSPS) is 24.8. The predicted molar refractivity (Wildman–Crippen MR) is 136 cm³/mol. The number of piperidine rings is 1. The Balaban J connectivity index is 1.27. The first-order valence-corrected chi connectivity index (χ1v) is 12.9. The van der Waals surface area contributed by atoms with E-state index in [2.05, 4.69) is 20.5 Å². The summed E-state index contributed by atoms with van der Waals surface area (Å²) < 4.78 is 9.58. The highest BCUT2D eigenvalue weighted by molar-refractivity contribution is 6.32. The number of likely N-dealkylation sites (tertiary alicyclic amines) is 1. The lowest BCUT2D eigenvalue weighted by atomic mass is 10.1. The van der Waals surface area contributed by atoms with Crippen LogP contribution in [0.25, 0.3) is 27.7 Å². The summed E-state index contributed by atoms with van der Waals surface area (Å²) in [4.78, 5) is 31.7. The molecule has 3 unspecified atom stereocenters. The van der Waals surface area contributed by atoms with Crippen molar-refractivity contribution in [2.45, 2.75) is 33.0 Å². The van der Waals surface area contributed by atoms with E-state index < -0.39 is 0 Å². The minimum atomic E-state index is -0.228. The third-order valence-corrected chi connectivity index (χ3v) is 8.25. The van der Waals surface area contributed by atoms with Crippen molar-refractivity contribution in [1.82, 2.24) is 34.6 Å². The third-order valence-electron chi connectivity index (χ3n) is 8.03. The summed E-state index contributed by atoms with van der Waals surface area (Å²) >= 11 is 6.51. The molecule has 2 amide bonds. The quantitative estimate of drug-likeness (QED) is 0.404. The molecule has 7 rings (SSSR count). The van der Waals surface area contributed by atoms with Crippen molar-refractivity contribution in [1.29, 1.82) is 0 Å². The van der Waals surface area contributed by atoms with Gasteiger partial charge in [0, 0.05) is 35.3 Å². The lowest BCUT2D eigenvalue weighted by Gasteiger charge is -2.24. The number of carbonyl (C=O) groups is 2. The van der Waals surface area contributed by atoms with Crippen LogP contribution in [0, 0.1) is 17.3 Å². The first kappa shape index (κ1) is 22.8. The number of morpholine rings is 1. The summed E-state index contributed by atoms with van der Waals surface area (Å²) in [6.07, 6.45) is 5.16. The summed E-state index contributed by atoms with van der Waals surface area (Å²) in [7, 11) is 0. The fourth-order valence-corrected chi connectivity index (χ4v) is 6.29. The van der Waals surface area contributed by atoms with Crippen LogP contribution in [-0.2, 0) is 27.4 Å². The van der Waals surface area contributed by atoms with E-state index in [1.807, 2.05) is 42.9 Å². The SMILES string of the molecule is CC1(C)C2C(=O)N(Cc3cc4c(-c5cc(Cl)cc6cnn(CC7CNCCO7)c56)ncnn4c3)C(=O)C21. The highest BCUT2D eigenvalue weighted by atomic mass is 35.5. The summed E-state index contributed by atoms with van der Waals surface area (Å²) in [6, 6.07) is 5.72. The molecule has 1 N–H and O–H groups in total. The van der Waals surface area contributed by atoms with Gasteiger partial charge in [-0.3, -0.25) is 19.2 Å². The number of ether oxygens (including phenoxy) is 1. The molecule has 3 aromatic heterocycles. The average molecular weight is 520 g/mol. The minimum absolute atomic E-state index is 0.0115. The molecule has 4 aromatic rings. The maximum atomic E-state index is 12.9. The molecule has 190 valence electrons. The topological polar surface area (TPSA) is 107 Å². The van der Waals surface area contributed by atoms with Crippen molar-refractivity contribution >= 4 is 39.8 Å². The zero-order valence-electron chi connectivity index (χ0n) is 20.5. The molecule has 37 heavy (non-hydrogen) atoms. The van der Waals surface area contributed by atoms with E-state index in [0.29, 0.717) is 23.9 Å². The van der Waals surface area contributed by atoms with Crippen molar-refractivity contribution in [3.63, 3.8) is 0 Å². The lowest BCUT2D eigenvalue weighted by molar-refractivity contribution is -0.143. The molecule has 0 radical (unpaired) electrons. The van der Waals surface area contributed by atoms with Gasteiger partial charge in [0.2, 0.25) is 11.8 Å². The first-order valence-electron chi connectivity index (χ1n) is 12.5. The highest BCUT2D eigenvalue weighted by Crippen LogP contribution is 2.63. The minimum Gasteiger partial charge on any atom is -0.374 e. The second-order valence-corrected chi connectivity index (χ2v) is 11.2. The first-order chi connectivity index (χ1) is 17.8. The number of rotatable bonds is 5. The van der Waals surface area contributed by atoms with Crippen LogP contribution in [0.1, 0.15) is 19.4 Å². The Morgan fingerprint density at radius 1 is 1.16 bits per heavy atom. The number of carbonyl (C=O) groups excluding carboxylic acids is 2. The molecule has 1 aliphatic carbocycles. The number of fused-ring (bicyclic) bond motifs is 3. The van der Waals surface area contributed by atoms with E-state index in [9.17, 15) is 9.59 Å². The summed E-state index contributed by atoms with van der Waals surface area (Å²) in [5.74, 6) is -0.561. The summed E-state index contributed by atoms with van der Waals surface area (Å²) in [5, 5.41) is 13.9. The smallest absolute Gasteiger partial charge is 0.233 e. The van der Waals surface area contributed by atoms with Gasteiger partial charge in [-0.1, -0.05) is 25.4 Å². The molecule has 5 heterocycles. The molecule has 2 aliphatic heterocycles. The standard InChI is InChI=1S/C26H26ClN7O3/c1-26(2)20-21(26)25(36)32(24(20)35)10-14-5-19-22(29-13-31-33(19)11-14)18-7-16(27)6-15-8-30-34(23(15)18)12-17-9-28-3-4-37-17/h5-8,11,13,17,20-21,28H,3-4,9-10,12H2,1-2H3. The molecule has 11 heteroatoms. The number of nitrogens with one attached hydrogen (secondary N) is 1. The molecular weight excluding hydrogens is 494 g/mol. The van der Waals surface area contributed by atoms with Crippen LogP contribution in [0.5, 0.6) is 0 Å². The van der Waals surface area contributed by atoms with Gasteiger partial charge in [-0.25, -0.2) is 9.50 Å². The maximum absolute atomic E-state index is 12.9. The fraction of sp³-hybridized carbons (Fsp3) is 0.423. The Morgan fingerprint density at radius 3 is 2.73 bits per heavy atom. The van der Waals surface area contributed by atoms with Gasteiger partial charge in [0.15, 0.2) is 0 Å². The van der Waals surface area contributed by atoms with E-state index >= 15 is 0 Å². The van der Waals surface area contributed by atoms with Gasteiger partial charge in [0.05, 0.1) is 54.9 Å². The zero-order valence-corrected chi connectivity index (χ0v) is 21.3. The Morgan fingerprint density at radius 2 is 1.97 bits per heavy atom. The van der Waals surface area contributed by atoms with Gasteiger partial charge in [0.25, 0.3) is 0 Å². The van der Waals surface area contributed by atoms with Crippen LogP contribution >= 0.6 is 11.6 Å². The Bertz CT molecular complexity index is 1560. The molecule has 10 nitrogen and oxygen atoms in total. The Labute approximate surface area is 217 Å². The second kappa shape index (κ2) is 8.08. The van der Waals surface area contributed by atoms with Crippen LogP contribution in [0.15, 0.2) is 36.9 Å². The number of nitrogens with zero attached hydrogens (tertiary/aromatic N) is 6. The molecule has 2 saturated heterocycles. The highest BCUT2D eigenvalue weighted by Gasteiger charge is 2.72. The van der Waals surface area contributed by atoms with Crippen molar-refractivity contribution in [3.05, 3.63) is 47.5 Å². The van der Waals surface area contributed by atoms with Crippen molar-refractivity contribution in [2.24, 2.45) is 17.3 Å². The van der Waals surface area contributed by atoms with Gasteiger partial charge < -0.3 is 10.1 Å². The van der Waals surface area contributed by atoms with Crippen LogP contribution in [0.4, 0.5) is 0 Å². The zero-order chi connectivity index (χ0) is 25.5. The third kappa shape index (κ3) is 3.50. The number of hydrogen-bond donors (Lipinski definition) is 1. The number of halogens is 1. The number of aromatic nitrogens is 5. The number of benzene rings is 1. The van der Waals surface area contributed by atoms with E-state index in [0.717, 1.165) is 40.6 Å². The predicted octanol–water partition coefficient (Wildman–Crippen LogP) is 2.53. The summed E-state index contributed by atoms with van der Waals surface area (Å²) in [6.45, 7) is 7.06. The van der Waals surface area contributed by atoms with Crippen molar-refractivity contribution < 1.29 is 14.3 Å². The van der Waals surface area contributed by atoms with Crippen LogP contribution in [0.3, 0.4) is 0 Å². The molecule has 0 spiro atoms. The number of amides is 2. The molecular formula is C26H26ClN7O3. The van der Waals surface area contributed by atoms with Crippen LogP contribution < -0.4 is 5.32 Å². The molecule has 0 bridgehead atoms. The van der Waals surface area contributed by atoms with Gasteiger partial charge in [0.1, 0.15) is 12.0 Å². The number of hydrogen-bond acceptors (Lipinski definition) is 7. The van der Waals surface area contributed by atoms with E-state index in [-0.39, 0.29) is 41.7 Å². The average Bonchev–Trinajstić information content (AvgIpc) is 3.23. The monoisotopic (exact) mass is 519 g/mol. The largest absolute Gasteiger partial charge is 0.374 e. The molecule has 3 aliphatic rings. The van der Waals surface area contributed by atoms with Crippen LogP contribution in [0.2, 0.25) is 5.02 Å². The Kier molecular flexibility index (Phi) is 4.98. The van der Waals surface area contributed by atoms with Gasteiger partial charge in [-0.2, -0.15) is 10.2 Å². The van der Waals surface area contributed by atoms with Crippen molar-refractivity contribution in [2.75, 3.05) is 19.7 Å². The molecule has 1 saturated carbocycles. The van der Waals surface area contributed by atoms with E-state index in [4.69, 9.17) is 16.3 Å². The van der Waals surface area contributed by atoms with Crippen LogP contribution in [-0.4, -0.2) is 66.9 Å². The lowest BCUT2D eigenvalue weighted by Crippen LogP contribution is -2.40. The fourth-order valence-electron chi connectivity index (χ4n) is 6.06. The van der Waals surface area contributed by atoms with Gasteiger partial charge >= 0.3 is 0 Å². The molecule has 1 aromatic carbocycles. The van der Waals surface area contributed by atoms with E-state index in [1.165, 1.54) is 11.2 Å². The second-order valence-electron chi connectivity index (χ2n) is 10.7. The van der Waals surface area contributed by atoms with Gasteiger partial charge in [-0.15, -0.1) is 0 Å². The molecule has 3 atom stereocenters. The molecule has 3 fully saturated rings.